The van der Waals surface area contributed by atoms with Gasteiger partial charge in [0.1, 0.15) is 5.60 Å². The Hall–Kier alpha value is -2.56. The number of aromatic nitrogens is 2. The predicted octanol–water partition coefficient (Wildman–Crippen LogP) is 4.42. The van der Waals surface area contributed by atoms with Crippen LogP contribution in [0.3, 0.4) is 0 Å². The van der Waals surface area contributed by atoms with Crippen molar-refractivity contribution in [2.24, 2.45) is 5.41 Å². The van der Waals surface area contributed by atoms with Gasteiger partial charge >= 0.3 is 0 Å². The molecule has 0 radical (unpaired) electrons. The average molecular weight is 476 g/mol. The summed E-state index contributed by atoms with van der Waals surface area (Å²) in [6, 6.07) is 10.2. The molecule has 6 heteroatoms. The summed E-state index contributed by atoms with van der Waals surface area (Å²) in [7, 11) is 2.06. The quantitative estimate of drug-likeness (QED) is 0.535. The molecule has 0 aliphatic carbocycles. The van der Waals surface area contributed by atoms with E-state index >= 15 is 0 Å². The topological polar surface area (TPSA) is 69.5 Å². The molecule has 1 aromatic carbocycles. The third-order valence-electron chi connectivity index (χ3n) is 6.83. The normalized spacial score (nSPS) is 19.0. The third kappa shape index (κ3) is 4.42. The lowest BCUT2D eigenvalue weighted by atomic mass is 9.62. The van der Waals surface area contributed by atoms with Gasteiger partial charge in [0.15, 0.2) is 5.60 Å². The maximum absolute atomic E-state index is 12.3. The van der Waals surface area contributed by atoms with Crippen LogP contribution in [0.5, 0.6) is 0 Å². The van der Waals surface area contributed by atoms with Crippen molar-refractivity contribution in [1.29, 1.82) is 0 Å². The van der Waals surface area contributed by atoms with Gasteiger partial charge in [-0.3, -0.25) is 4.98 Å². The lowest BCUT2D eigenvalue weighted by molar-refractivity contribution is -0.127. The Bertz CT molecular complexity index is 1230. The van der Waals surface area contributed by atoms with Gasteiger partial charge in [-0.15, -0.1) is 11.3 Å². The summed E-state index contributed by atoms with van der Waals surface area (Å²) in [4.78, 5) is 11.0. The van der Waals surface area contributed by atoms with Gasteiger partial charge in [0, 0.05) is 47.4 Å². The van der Waals surface area contributed by atoms with Crippen LogP contribution >= 0.6 is 11.3 Å². The molecule has 2 aromatic heterocycles. The molecule has 0 amide bonds. The molecule has 1 unspecified atom stereocenters. The van der Waals surface area contributed by atoms with Crippen LogP contribution in [0, 0.1) is 24.2 Å². The molecule has 3 aromatic rings. The summed E-state index contributed by atoms with van der Waals surface area (Å²) in [5, 5.41) is 25.9. The van der Waals surface area contributed by atoms with Crippen molar-refractivity contribution in [2.45, 2.75) is 51.7 Å². The fraction of sp³-hybridized carbons (Fsp3) is 0.429. The van der Waals surface area contributed by atoms with E-state index in [1.54, 1.807) is 19.3 Å². The number of hydrogen-bond acceptors (Lipinski definition) is 6. The second-order valence-corrected chi connectivity index (χ2v) is 11.3. The third-order valence-corrected chi connectivity index (χ3v) is 7.60. The van der Waals surface area contributed by atoms with E-state index in [4.69, 9.17) is 0 Å². The minimum Gasteiger partial charge on any atom is -0.380 e. The molecule has 5 nitrogen and oxygen atoms in total. The van der Waals surface area contributed by atoms with Crippen LogP contribution in [0.25, 0.3) is 0 Å². The largest absolute Gasteiger partial charge is 0.380 e. The highest BCUT2D eigenvalue weighted by Crippen LogP contribution is 2.50. The van der Waals surface area contributed by atoms with E-state index in [0.29, 0.717) is 22.7 Å². The average Bonchev–Trinajstić information content (AvgIpc) is 3.24. The molecule has 178 valence electrons. The number of benzene rings is 1. The Morgan fingerprint density at radius 1 is 1.12 bits per heavy atom. The molecular weight excluding hydrogens is 442 g/mol. The molecule has 34 heavy (non-hydrogen) atoms. The fourth-order valence-corrected chi connectivity index (χ4v) is 5.61. The van der Waals surface area contributed by atoms with Crippen molar-refractivity contribution >= 4 is 11.3 Å². The lowest BCUT2D eigenvalue weighted by Crippen LogP contribution is -2.63. The zero-order valence-electron chi connectivity index (χ0n) is 20.8. The smallest absolute Gasteiger partial charge is 0.166 e. The van der Waals surface area contributed by atoms with Crippen molar-refractivity contribution in [3.05, 3.63) is 81.1 Å². The van der Waals surface area contributed by atoms with E-state index in [1.807, 2.05) is 30.5 Å². The summed E-state index contributed by atoms with van der Waals surface area (Å²) in [6.07, 6.45) is 3.39. The number of rotatable bonds is 5. The molecule has 1 aliphatic heterocycles. The van der Waals surface area contributed by atoms with Gasteiger partial charge in [0.2, 0.25) is 0 Å². The predicted molar refractivity (Wildman–Crippen MR) is 137 cm³/mol. The van der Waals surface area contributed by atoms with Crippen LogP contribution in [-0.4, -0.2) is 45.2 Å². The van der Waals surface area contributed by atoms with Gasteiger partial charge in [-0.2, -0.15) is 0 Å². The summed E-state index contributed by atoms with van der Waals surface area (Å²) in [5.41, 5.74) is 0.996. The van der Waals surface area contributed by atoms with Crippen molar-refractivity contribution in [2.75, 3.05) is 20.1 Å². The summed E-state index contributed by atoms with van der Waals surface area (Å²) < 4.78 is 0. The minimum atomic E-state index is -1.37. The Balaban J connectivity index is 1.75. The first-order valence-corrected chi connectivity index (χ1v) is 12.5. The Labute approximate surface area is 206 Å². The van der Waals surface area contributed by atoms with E-state index in [-0.39, 0.29) is 5.41 Å². The van der Waals surface area contributed by atoms with Gasteiger partial charge in [-0.25, -0.2) is 4.98 Å². The molecule has 1 aliphatic rings. The van der Waals surface area contributed by atoms with Crippen LogP contribution in [0.1, 0.15) is 66.6 Å². The minimum absolute atomic E-state index is 0.377. The first-order chi connectivity index (χ1) is 15.9. The summed E-state index contributed by atoms with van der Waals surface area (Å²) in [6.45, 7) is 11.5. The number of hydrogen-bond donors (Lipinski definition) is 2. The van der Waals surface area contributed by atoms with Crippen LogP contribution in [-0.2, 0) is 11.2 Å². The maximum atomic E-state index is 12.3. The molecular formula is C28H33N3O2S. The second kappa shape index (κ2) is 8.90. The molecule has 0 bridgehead atoms. The number of aryl methyl sites for hydroxylation is 1. The highest BCUT2D eigenvalue weighted by atomic mass is 32.1. The summed E-state index contributed by atoms with van der Waals surface area (Å²) >= 11 is 1.48. The molecule has 4 rings (SSSR count). The number of thiazole rings is 1. The molecule has 3 heterocycles. The monoisotopic (exact) mass is 475 g/mol. The van der Waals surface area contributed by atoms with Gasteiger partial charge in [-0.1, -0.05) is 56.9 Å². The SMILES string of the molecule is Cc1nc(C(C)(O)C#Cc2cncc([C@@](O)(c3ccc(C(C)C)cc3)C3(C)CN(C)C3)c2)cs1. The van der Waals surface area contributed by atoms with Crippen LogP contribution in [0.4, 0.5) is 0 Å². The Morgan fingerprint density at radius 2 is 1.79 bits per heavy atom. The van der Waals surface area contributed by atoms with E-state index in [2.05, 4.69) is 66.7 Å². The standard InChI is InChI=1S/C28H33N3O2S/c1-19(2)22-7-9-23(10-8-22)28(33,26(4)17-31(6)18-26)24-13-21(14-29-15-24)11-12-27(5,32)25-16-34-20(3)30-25/h7-10,13-16,19,32-33H,17-18H2,1-6H3/t27?,28-/m0/s1. The molecule has 2 N–H and O–H groups in total. The Morgan fingerprint density at radius 3 is 2.35 bits per heavy atom. The van der Waals surface area contributed by atoms with Crippen LogP contribution < -0.4 is 0 Å². The van der Waals surface area contributed by atoms with Crippen LogP contribution in [0.2, 0.25) is 0 Å². The fourth-order valence-electron chi connectivity index (χ4n) is 4.90. The first-order valence-electron chi connectivity index (χ1n) is 11.6. The van der Waals surface area contributed by atoms with E-state index in [0.717, 1.165) is 23.7 Å². The van der Waals surface area contributed by atoms with Crippen molar-refractivity contribution in [3.8, 4) is 11.8 Å². The number of likely N-dealkylation sites (tertiary alicyclic amines) is 1. The second-order valence-electron chi connectivity index (χ2n) is 10.3. The Kier molecular flexibility index (Phi) is 6.43. The molecule has 2 atom stereocenters. The molecule has 0 saturated carbocycles. The molecule has 0 spiro atoms. The van der Waals surface area contributed by atoms with Crippen molar-refractivity contribution in [1.82, 2.24) is 14.9 Å². The maximum Gasteiger partial charge on any atom is 0.166 e. The number of aliphatic hydroxyl groups is 2. The highest BCUT2D eigenvalue weighted by Gasteiger charge is 2.55. The van der Waals surface area contributed by atoms with Crippen molar-refractivity contribution < 1.29 is 10.2 Å². The first kappa shape index (κ1) is 24.6. The van der Waals surface area contributed by atoms with Gasteiger partial charge in [0.25, 0.3) is 0 Å². The van der Waals surface area contributed by atoms with E-state index in [9.17, 15) is 10.2 Å². The van der Waals surface area contributed by atoms with Crippen LogP contribution in [0.15, 0.2) is 48.1 Å². The number of nitrogens with zero attached hydrogens (tertiary/aromatic N) is 3. The molecule has 1 fully saturated rings. The highest BCUT2D eigenvalue weighted by molar-refractivity contribution is 7.09. The van der Waals surface area contributed by atoms with Crippen molar-refractivity contribution in [3.63, 3.8) is 0 Å². The van der Waals surface area contributed by atoms with E-state index in [1.165, 1.54) is 16.9 Å². The van der Waals surface area contributed by atoms with E-state index < -0.39 is 11.2 Å². The summed E-state index contributed by atoms with van der Waals surface area (Å²) in [5.74, 6) is 6.41. The zero-order chi connectivity index (χ0) is 24.7. The number of pyridine rings is 1. The zero-order valence-corrected chi connectivity index (χ0v) is 21.6. The molecule has 1 saturated heterocycles. The van der Waals surface area contributed by atoms with Gasteiger partial charge in [-0.05, 0) is 44.0 Å². The van der Waals surface area contributed by atoms with Gasteiger partial charge in [0.05, 0.1) is 10.7 Å². The van der Waals surface area contributed by atoms with Gasteiger partial charge < -0.3 is 15.1 Å². The lowest BCUT2D eigenvalue weighted by Gasteiger charge is -2.55.